The molecule has 0 aliphatic heterocycles. The third-order valence-electron chi connectivity index (χ3n) is 2.58. The van der Waals surface area contributed by atoms with Crippen molar-refractivity contribution < 1.29 is 0 Å². The van der Waals surface area contributed by atoms with Crippen molar-refractivity contribution in [3.8, 4) is 0 Å². The molecule has 0 saturated carbocycles. The van der Waals surface area contributed by atoms with Gasteiger partial charge in [0.25, 0.3) is 0 Å². The number of nitrogens with zero attached hydrogens (tertiary/aromatic N) is 2. The lowest BCUT2D eigenvalue weighted by Crippen LogP contribution is -1.79. The topological polar surface area (TPSA) is 41.0 Å². The minimum Gasteiger partial charge on any atom is -0.322 e. The molecule has 0 spiro atoms. The van der Waals surface area contributed by atoms with E-state index in [1.165, 1.54) is 0 Å². The Kier molecular flexibility index (Phi) is 2.82. The van der Waals surface area contributed by atoms with Crippen LogP contribution in [0.3, 0.4) is 0 Å². The van der Waals surface area contributed by atoms with E-state index in [0.29, 0.717) is 5.95 Å². The lowest BCUT2D eigenvalue weighted by Gasteiger charge is -1.91. The molecule has 0 saturated heterocycles. The maximum absolute atomic E-state index is 5.82. The fraction of sp³-hybridized carbons (Fsp3) is 0. The number of hydrogen-bond acceptors (Lipinski definition) is 2. The lowest BCUT2D eigenvalue weighted by molar-refractivity contribution is 1.27. The number of H-pyrrole nitrogens is 1. The number of para-hydroxylation sites is 2. The first-order valence-corrected chi connectivity index (χ1v) is 5.93. The van der Waals surface area contributed by atoms with Crippen molar-refractivity contribution in [3.05, 3.63) is 59.1 Å². The minimum atomic E-state index is 0.603. The molecule has 0 amide bonds. The van der Waals surface area contributed by atoms with Gasteiger partial charge in [0.05, 0.1) is 11.0 Å². The predicted octanol–water partition coefficient (Wildman–Crippen LogP) is 3.97. The molecule has 0 aliphatic rings. The van der Waals surface area contributed by atoms with Gasteiger partial charge in [0.2, 0.25) is 5.95 Å². The van der Waals surface area contributed by atoms with Gasteiger partial charge in [-0.15, -0.1) is 0 Å². The van der Waals surface area contributed by atoms with Gasteiger partial charge < -0.3 is 4.98 Å². The summed E-state index contributed by atoms with van der Waals surface area (Å²) in [5, 5.41) is 0.718. The molecular formula is C14H10ClN3. The first-order chi connectivity index (χ1) is 8.81. The van der Waals surface area contributed by atoms with Crippen molar-refractivity contribution >= 4 is 34.8 Å². The summed E-state index contributed by atoms with van der Waals surface area (Å²) in [4.78, 5) is 11.8. The minimum absolute atomic E-state index is 0.603. The van der Waals surface area contributed by atoms with Gasteiger partial charge in [0.15, 0.2) is 0 Å². The fourth-order valence-corrected chi connectivity index (χ4v) is 1.81. The van der Waals surface area contributed by atoms with Gasteiger partial charge in [-0.1, -0.05) is 35.9 Å². The molecule has 3 rings (SSSR count). The average Bonchev–Trinajstić information content (AvgIpc) is 2.81. The van der Waals surface area contributed by atoms with Gasteiger partial charge in [0, 0.05) is 11.2 Å². The number of nitrogens with one attached hydrogen (secondary N) is 1. The van der Waals surface area contributed by atoms with Crippen LogP contribution in [-0.2, 0) is 0 Å². The monoisotopic (exact) mass is 255 g/mol. The molecule has 0 radical (unpaired) electrons. The van der Waals surface area contributed by atoms with E-state index in [-0.39, 0.29) is 0 Å². The third-order valence-corrected chi connectivity index (χ3v) is 2.83. The van der Waals surface area contributed by atoms with E-state index in [9.17, 15) is 0 Å². The summed E-state index contributed by atoms with van der Waals surface area (Å²) >= 11 is 5.82. The molecule has 18 heavy (non-hydrogen) atoms. The predicted molar refractivity (Wildman–Crippen MR) is 74.8 cm³/mol. The van der Waals surface area contributed by atoms with E-state index >= 15 is 0 Å². The van der Waals surface area contributed by atoms with E-state index in [1.54, 1.807) is 6.21 Å². The van der Waals surface area contributed by atoms with E-state index in [2.05, 4.69) is 15.0 Å². The molecule has 1 aromatic heterocycles. The highest BCUT2D eigenvalue weighted by Gasteiger charge is 1.98. The largest absolute Gasteiger partial charge is 0.322 e. The molecule has 0 fully saturated rings. The van der Waals surface area contributed by atoms with Gasteiger partial charge in [-0.3, -0.25) is 0 Å². The molecule has 0 atom stereocenters. The zero-order chi connectivity index (χ0) is 12.4. The Balaban J connectivity index is 1.89. The van der Waals surface area contributed by atoms with Crippen molar-refractivity contribution in [1.29, 1.82) is 0 Å². The maximum atomic E-state index is 5.82. The number of fused-ring (bicyclic) bond motifs is 1. The number of hydrogen-bond donors (Lipinski definition) is 1. The summed E-state index contributed by atoms with van der Waals surface area (Å²) in [6.07, 6.45) is 1.76. The van der Waals surface area contributed by atoms with Crippen molar-refractivity contribution in [1.82, 2.24) is 9.97 Å². The second kappa shape index (κ2) is 4.63. The normalized spacial score (nSPS) is 11.4. The number of imidazole rings is 1. The van der Waals surface area contributed by atoms with Gasteiger partial charge in [0.1, 0.15) is 0 Å². The van der Waals surface area contributed by atoms with Crippen LogP contribution in [0.1, 0.15) is 5.56 Å². The fourth-order valence-electron chi connectivity index (χ4n) is 1.68. The van der Waals surface area contributed by atoms with Crippen LogP contribution in [0.15, 0.2) is 53.5 Å². The van der Waals surface area contributed by atoms with Crippen molar-refractivity contribution in [3.63, 3.8) is 0 Å². The highest BCUT2D eigenvalue weighted by atomic mass is 35.5. The van der Waals surface area contributed by atoms with Crippen LogP contribution in [-0.4, -0.2) is 16.2 Å². The molecule has 0 unspecified atom stereocenters. The van der Waals surface area contributed by atoms with Gasteiger partial charge in [-0.25, -0.2) is 9.98 Å². The quantitative estimate of drug-likeness (QED) is 0.692. The molecule has 1 heterocycles. The zero-order valence-electron chi connectivity index (χ0n) is 9.47. The zero-order valence-corrected chi connectivity index (χ0v) is 10.2. The van der Waals surface area contributed by atoms with Crippen LogP contribution in [0, 0.1) is 0 Å². The third kappa shape index (κ3) is 2.26. The standard InChI is InChI=1S/C14H10ClN3/c15-11-7-5-10(6-8-11)9-16-14-17-12-3-1-2-4-13(12)18-14/h1-9H,(H,17,18). The number of rotatable bonds is 2. The first kappa shape index (κ1) is 11.0. The highest BCUT2D eigenvalue weighted by molar-refractivity contribution is 6.30. The molecular weight excluding hydrogens is 246 g/mol. The van der Waals surface area contributed by atoms with Crippen LogP contribution >= 0.6 is 11.6 Å². The number of benzene rings is 2. The Labute approximate surface area is 109 Å². The molecule has 0 bridgehead atoms. The van der Waals surface area contributed by atoms with E-state index in [1.807, 2.05) is 48.5 Å². The Morgan fingerprint density at radius 3 is 2.61 bits per heavy atom. The maximum Gasteiger partial charge on any atom is 0.227 e. The summed E-state index contributed by atoms with van der Waals surface area (Å²) in [5.74, 6) is 0.603. The van der Waals surface area contributed by atoms with Crippen LogP contribution in [0.4, 0.5) is 5.95 Å². The van der Waals surface area contributed by atoms with Gasteiger partial charge >= 0.3 is 0 Å². The van der Waals surface area contributed by atoms with Crippen LogP contribution in [0.2, 0.25) is 5.02 Å². The van der Waals surface area contributed by atoms with E-state index < -0.39 is 0 Å². The summed E-state index contributed by atoms with van der Waals surface area (Å²) in [5.41, 5.74) is 2.89. The Hall–Kier alpha value is -2.13. The SMILES string of the molecule is Clc1ccc(C=Nc2nc3ccccc3[nH]2)cc1. The van der Waals surface area contributed by atoms with Crippen LogP contribution < -0.4 is 0 Å². The van der Waals surface area contributed by atoms with Crippen molar-refractivity contribution in [2.75, 3.05) is 0 Å². The molecule has 2 aromatic carbocycles. The summed E-state index contributed by atoms with van der Waals surface area (Å²) in [6.45, 7) is 0. The van der Waals surface area contributed by atoms with Crippen LogP contribution in [0.25, 0.3) is 11.0 Å². The van der Waals surface area contributed by atoms with Gasteiger partial charge in [-0.05, 0) is 29.8 Å². The first-order valence-electron chi connectivity index (χ1n) is 5.56. The average molecular weight is 256 g/mol. The molecule has 3 aromatic rings. The highest BCUT2D eigenvalue weighted by Crippen LogP contribution is 2.15. The Bertz CT molecular complexity index is 665. The molecule has 3 nitrogen and oxygen atoms in total. The molecule has 88 valence electrons. The molecule has 4 heteroatoms. The lowest BCUT2D eigenvalue weighted by atomic mass is 10.2. The second-order valence-electron chi connectivity index (χ2n) is 3.89. The second-order valence-corrected chi connectivity index (χ2v) is 4.32. The summed E-state index contributed by atoms with van der Waals surface area (Å²) in [7, 11) is 0. The number of aliphatic imine (C=N–C) groups is 1. The van der Waals surface area contributed by atoms with Crippen molar-refractivity contribution in [2.24, 2.45) is 4.99 Å². The van der Waals surface area contributed by atoms with E-state index in [4.69, 9.17) is 11.6 Å². The van der Waals surface area contributed by atoms with Crippen molar-refractivity contribution in [2.45, 2.75) is 0 Å². The number of halogens is 1. The summed E-state index contributed by atoms with van der Waals surface area (Å²) in [6, 6.07) is 15.3. The van der Waals surface area contributed by atoms with Gasteiger partial charge in [-0.2, -0.15) is 0 Å². The Morgan fingerprint density at radius 1 is 1.06 bits per heavy atom. The van der Waals surface area contributed by atoms with Crippen LogP contribution in [0.5, 0.6) is 0 Å². The summed E-state index contributed by atoms with van der Waals surface area (Å²) < 4.78 is 0. The smallest absolute Gasteiger partial charge is 0.227 e. The molecule has 0 aliphatic carbocycles. The number of aromatic nitrogens is 2. The van der Waals surface area contributed by atoms with E-state index in [0.717, 1.165) is 21.6 Å². The molecule has 1 N–H and O–H groups in total. The number of aromatic amines is 1. The Morgan fingerprint density at radius 2 is 1.83 bits per heavy atom.